The molecule has 0 unspecified atom stereocenters. The zero-order valence-corrected chi connectivity index (χ0v) is 11.4. The molecule has 0 bridgehead atoms. The van der Waals surface area contributed by atoms with Crippen LogP contribution in [0, 0.1) is 17.0 Å². The molecule has 2 aromatic heterocycles. The van der Waals surface area contributed by atoms with Crippen molar-refractivity contribution < 1.29 is 9.72 Å². The van der Waals surface area contributed by atoms with E-state index in [1.807, 2.05) is 13.0 Å². The number of thiophene rings is 1. The van der Waals surface area contributed by atoms with Gasteiger partial charge in [0.25, 0.3) is 0 Å². The molecule has 0 spiro atoms. The van der Waals surface area contributed by atoms with Gasteiger partial charge in [0.2, 0.25) is 0 Å². The third-order valence-electron chi connectivity index (χ3n) is 2.83. The van der Waals surface area contributed by atoms with Crippen molar-refractivity contribution in [2.24, 2.45) is 0 Å². The number of aryl methyl sites for hydroxylation is 2. The fourth-order valence-electron chi connectivity index (χ4n) is 1.88. The van der Waals surface area contributed by atoms with Crippen LogP contribution in [0.3, 0.4) is 0 Å². The molecule has 0 saturated heterocycles. The molecule has 0 N–H and O–H groups in total. The summed E-state index contributed by atoms with van der Waals surface area (Å²) >= 11 is 1.45. The number of carbonyl (C=O) groups excluding carboxylic acids is 1. The topological polar surface area (TPSA) is 78.0 Å². The molecule has 6 nitrogen and oxygen atoms in total. The van der Waals surface area contributed by atoms with Gasteiger partial charge >= 0.3 is 5.82 Å². The van der Waals surface area contributed by atoms with Crippen molar-refractivity contribution in [3.63, 3.8) is 0 Å². The lowest BCUT2D eigenvalue weighted by atomic mass is 10.2. The van der Waals surface area contributed by atoms with Crippen LogP contribution in [0.15, 0.2) is 12.1 Å². The molecule has 7 heteroatoms. The molecule has 0 aliphatic heterocycles. The molecule has 0 radical (unpaired) electrons. The highest BCUT2D eigenvalue weighted by Gasteiger charge is 2.17. The predicted octanol–water partition coefficient (Wildman–Crippen LogP) is 2.58. The van der Waals surface area contributed by atoms with Gasteiger partial charge < -0.3 is 10.1 Å². The van der Waals surface area contributed by atoms with Gasteiger partial charge in [0.05, 0.1) is 28.3 Å². The highest BCUT2D eigenvalue weighted by atomic mass is 32.1. The second-order valence-corrected chi connectivity index (χ2v) is 5.30. The Morgan fingerprint density at radius 1 is 1.53 bits per heavy atom. The first kappa shape index (κ1) is 13.4. The quantitative estimate of drug-likeness (QED) is 0.479. The van der Waals surface area contributed by atoms with Crippen LogP contribution in [-0.4, -0.2) is 21.0 Å². The van der Waals surface area contributed by atoms with Gasteiger partial charge in [-0.15, -0.1) is 11.3 Å². The summed E-state index contributed by atoms with van der Waals surface area (Å²) in [6.07, 6.45) is 1.65. The lowest BCUT2D eigenvalue weighted by Gasteiger charge is -2.00. The third kappa shape index (κ3) is 2.70. The minimum Gasteiger partial charge on any atom is -0.358 e. The number of aldehydes is 1. The van der Waals surface area contributed by atoms with E-state index in [0.717, 1.165) is 28.8 Å². The number of rotatable bonds is 5. The van der Waals surface area contributed by atoms with Crippen LogP contribution in [0.5, 0.6) is 0 Å². The van der Waals surface area contributed by atoms with Crippen LogP contribution >= 0.6 is 11.3 Å². The summed E-state index contributed by atoms with van der Waals surface area (Å²) in [6, 6.07) is 3.27. The summed E-state index contributed by atoms with van der Waals surface area (Å²) in [4.78, 5) is 22.8. The van der Waals surface area contributed by atoms with Gasteiger partial charge in [-0.05, 0) is 29.9 Å². The molecule has 0 fully saturated rings. The van der Waals surface area contributed by atoms with Crippen molar-refractivity contribution in [3.05, 3.63) is 43.3 Å². The Kier molecular flexibility index (Phi) is 3.75. The normalized spacial score (nSPS) is 10.6. The Hall–Kier alpha value is -2.02. The van der Waals surface area contributed by atoms with Crippen molar-refractivity contribution in [2.45, 2.75) is 26.8 Å². The molecule has 0 aromatic carbocycles. The third-order valence-corrected chi connectivity index (χ3v) is 4.08. The monoisotopic (exact) mass is 279 g/mol. The first-order valence-electron chi connectivity index (χ1n) is 5.80. The average molecular weight is 279 g/mol. The van der Waals surface area contributed by atoms with Gasteiger partial charge in [0.1, 0.15) is 0 Å². The molecule has 0 atom stereocenters. The van der Waals surface area contributed by atoms with Crippen LogP contribution < -0.4 is 0 Å². The minimum atomic E-state index is -0.505. The Labute approximate surface area is 113 Å². The number of carbonyl (C=O) groups is 1. The molecule has 0 aliphatic carbocycles. The van der Waals surface area contributed by atoms with Gasteiger partial charge in [0, 0.05) is 4.88 Å². The van der Waals surface area contributed by atoms with Crippen LogP contribution in [0.2, 0.25) is 0 Å². The van der Waals surface area contributed by atoms with Crippen molar-refractivity contribution in [1.82, 2.24) is 9.78 Å². The minimum absolute atomic E-state index is 0.151. The largest absolute Gasteiger partial charge is 0.390 e. The number of hydrogen-bond donors (Lipinski definition) is 0. The van der Waals surface area contributed by atoms with Crippen LogP contribution in [-0.2, 0) is 13.0 Å². The van der Waals surface area contributed by atoms with Crippen molar-refractivity contribution in [3.8, 4) is 0 Å². The molecule has 19 heavy (non-hydrogen) atoms. The molecule has 0 aliphatic rings. The van der Waals surface area contributed by atoms with Gasteiger partial charge in [-0.1, -0.05) is 6.92 Å². The molecule has 100 valence electrons. The van der Waals surface area contributed by atoms with E-state index in [4.69, 9.17) is 0 Å². The summed E-state index contributed by atoms with van der Waals surface area (Å²) in [5, 5.41) is 14.6. The number of hydrogen-bond acceptors (Lipinski definition) is 5. The van der Waals surface area contributed by atoms with E-state index in [9.17, 15) is 14.9 Å². The average Bonchev–Trinajstić information content (AvgIpc) is 2.94. The Balaban J connectivity index is 2.32. The molecule has 0 amide bonds. The zero-order valence-electron chi connectivity index (χ0n) is 10.6. The first-order valence-corrected chi connectivity index (χ1v) is 6.62. The van der Waals surface area contributed by atoms with Crippen LogP contribution in [0.4, 0.5) is 5.82 Å². The fourth-order valence-corrected chi connectivity index (χ4v) is 2.82. The van der Waals surface area contributed by atoms with Gasteiger partial charge in [-0.25, -0.2) is 0 Å². The van der Waals surface area contributed by atoms with Crippen LogP contribution in [0.25, 0.3) is 0 Å². The SMILES string of the molecule is CCc1sc(C=O)cc1Cn1nc([N+](=O)[O-])cc1C. The number of nitrogens with zero attached hydrogens (tertiary/aromatic N) is 3. The van der Waals surface area contributed by atoms with E-state index in [2.05, 4.69) is 5.10 Å². The molecule has 2 aromatic rings. The lowest BCUT2D eigenvalue weighted by Crippen LogP contribution is -2.05. The van der Waals surface area contributed by atoms with E-state index in [1.165, 1.54) is 17.4 Å². The van der Waals surface area contributed by atoms with Crippen molar-refractivity contribution in [2.75, 3.05) is 0 Å². The lowest BCUT2D eigenvalue weighted by molar-refractivity contribution is -0.389. The molecule has 2 heterocycles. The molecule has 0 saturated carbocycles. The fraction of sp³-hybridized carbons (Fsp3) is 0.333. The van der Waals surface area contributed by atoms with E-state index in [-0.39, 0.29) is 5.82 Å². The Bertz CT molecular complexity index is 630. The van der Waals surface area contributed by atoms with Crippen molar-refractivity contribution in [1.29, 1.82) is 0 Å². The van der Waals surface area contributed by atoms with Gasteiger partial charge in [-0.2, -0.15) is 4.68 Å². The predicted molar refractivity (Wildman–Crippen MR) is 71.8 cm³/mol. The first-order chi connectivity index (χ1) is 9.05. The second-order valence-electron chi connectivity index (χ2n) is 4.13. The summed E-state index contributed by atoms with van der Waals surface area (Å²) in [6.45, 7) is 4.24. The summed E-state index contributed by atoms with van der Waals surface area (Å²) in [5.41, 5.74) is 1.73. The molecular weight excluding hydrogens is 266 g/mol. The maximum Gasteiger partial charge on any atom is 0.390 e. The maximum atomic E-state index is 10.8. The highest BCUT2D eigenvalue weighted by Crippen LogP contribution is 2.23. The molecule has 2 rings (SSSR count). The van der Waals surface area contributed by atoms with Gasteiger partial charge in [-0.3, -0.25) is 4.79 Å². The van der Waals surface area contributed by atoms with E-state index < -0.39 is 4.92 Å². The molecular formula is C12H13N3O3S. The number of nitro groups is 1. The summed E-state index contributed by atoms with van der Waals surface area (Å²) in [7, 11) is 0. The van der Waals surface area contributed by atoms with E-state index in [0.29, 0.717) is 11.4 Å². The smallest absolute Gasteiger partial charge is 0.358 e. The second kappa shape index (κ2) is 5.31. The van der Waals surface area contributed by atoms with E-state index >= 15 is 0 Å². The summed E-state index contributed by atoms with van der Waals surface area (Å²) in [5.74, 6) is -0.151. The van der Waals surface area contributed by atoms with Crippen molar-refractivity contribution >= 4 is 23.4 Å². The number of aromatic nitrogens is 2. The Morgan fingerprint density at radius 3 is 2.79 bits per heavy atom. The highest BCUT2D eigenvalue weighted by molar-refractivity contribution is 7.13. The maximum absolute atomic E-state index is 10.8. The van der Waals surface area contributed by atoms with Crippen LogP contribution in [0.1, 0.15) is 32.7 Å². The Morgan fingerprint density at radius 2 is 2.26 bits per heavy atom. The van der Waals surface area contributed by atoms with Gasteiger partial charge in [0.15, 0.2) is 6.29 Å². The summed E-state index contributed by atoms with van der Waals surface area (Å²) < 4.78 is 1.59. The van der Waals surface area contributed by atoms with E-state index in [1.54, 1.807) is 11.6 Å². The standard InChI is InChI=1S/C12H13N3O3S/c1-3-11-9(5-10(7-16)19-11)6-14-8(2)4-12(13-14)15(17)18/h4-5,7H,3,6H2,1-2H3. The zero-order chi connectivity index (χ0) is 14.0.